The lowest BCUT2D eigenvalue weighted by atomic mass is 10.4. The lowest BCUT2D eigenvalue weighted by molar-refractivity contribution is -0.137. The number of hydrogen-bond donors (Lipinski definition) is 2. The molecule has 0 aromatic heterocycles. The van der Waals surface area contributed by atoms with Gasteiger partial charge < -0.3 is 9.84 Å². The van der Waals surface area contributed by atoms with Gasteiger partial charge in [-0.15, -0.1) is 0 Å². The molecule has 0 aromatic carbocycles. The maximum Gasteiger partial charge on any atom is 0.318 e. The number of methoxy groups -OCH3 is 1. The molecular formula is C8H18N2O5S. The Labute approximate surface area is 95.6 Å². The normalized spacial score (nSPS) is 12.3. The van der Waals surface area contributed by atoms with Crippen molar-refractivity contribution in [2.45, 2.75) is 19.9 Å². The van der Waals surface area contributed by atoms with Gasteiger partial charge in [0, 0.05) is 19.7 Å². The van der Waals surface area contributed by atoms with Gasteiger partial charge in [0.1, 0.15) is 6.54 Å². The summed E-state index contributed by atoms with van der Waals surface area (Å²) in [5.74, 6) is -1.20. The Morgan fingerprint density at radius 3 is 2.44 bits per heavy atom. The molecule has 0 aliphatic carbocycles. The highest BCUT2D eigenvalue weighted by Crippen LogP contribution is 1.99. The Morgan fingerprint density at radius 2 is 2.06 bits per heavy atom. The highest BCUT2D eigenvalue weighted by molar-refractivity contribution is 7.87. The van der Waals surface area contributed by atoms with Gasteiger partial charge in [0.2, 0.25) is 0 Å². The summed E-state index contributed by atoms with van der Waals surface area (Å²) >= 11 is 0. The summed E-state index contributed by atoms with van der Waals surface area (Å²) in [5, 5.41) is 8.61. The molecule has 16 heavy (non-hydrogen) atoms. The van der Waals surface area contributed by atoms with Gasteiger partial charge >= 0.3 is 5.97 Å². The molecule has 2 N–H and O–H groups in total. The molecule has 0 amide bonds. The molecule has 0 rings (SSSR count). The minimum atomic E-state index is -3.77. The number of ether oxygens (including phenoxy) is 1. The summed E-state index contributed by atoms with van der Waals surface area (Å²) in [6, 6.07) is -0.288. The first kappa shape index (κ1) is 15.3. The van der Waals surface area contributed by atoms with Gasteiger partial charge in [-0.05, 0) is 13.8 Å². The van der Waals surface area contributed by atoms with Crippen LogP contribution < -0.4 is 4.72 Å². The number of hydrogen-bond acceptors (Lipinski definition) is 4. The van der Waals surface area contributed by atoms with Crippen molar-refractivity contribution in [1.29, 1.82) is 0 Å². The van der Waals surface area contributed by atoms with E-state index in [0.717, 1.165) is 4.31 Å². The molecule has 0 heterocycles. The summed E-state index contributed by atoms with van der Waals surface area (Å²) < 4.78 is 31.2. The fourth-order valence-corrected chi connectivity index (χ4v) is 2.34. The lowest BCUT2D eigenvalue weighted by Crippen LogP contribution is -2.46. The van der Waals surface area contributed by atoms with Gasteiger partial charge in [-0.25, -0.2) is 0 Å². The third-order valence-electron chi connectivity index (χ3n) is 1.58. The van der Waals surface area contributed by atoms with Crippen LogP contribution in [-0.2, 0) is 19.7 Å². The summed E-state index contributed by atoms with van der Waals surface area (Å²) in [6.45, 7) is 2.89. The fourth-order valence-electron chi connectivity index (χ4n) is 1.00. The lowest BCUT2D eigenvalue weighted by Gasteiger charge is -2.21. The van der Waals surface area contributed by atoms with Crippen LogP contribution in [0, 0.1) is 0 Å². The van der Waals surface area contributed by atoms with Gasteiger partial charge in [-0.3, -0.25) is 4.79 Å². The van der Waals surface area contributed by atoms with Crippen LogP contribution in [0.4, 0.5) is 0 Å². The molecule has 0 aliphatic rings. The second kappa shape index (κ2) is 6.79. The van der Waals surface area contributed by atoms with Crippen LogP contribution in [0.1, 0.15) is 13.8 Å². The van der Waals surface area contributed by atoms with Gasteiger partial charge in [0.25, 0.3) is 10.2 Å². The number of carboxylic acids is 1. The van der Waals surface area contributed by atoms with E-state index in [1.807, 2.05) is 0 Å². The Balaban J connectivity index is 4.65. The van der Waals surface area contributed by atoms with E-state index >= 15 is 0 Å². The maximum absolute atomic E-state index is 11.7. The zero-order chi connectivity index (χ0) is 12.8. The fraction of sp³-hybridized carbons (Fsp3) is 0.875. The zero-order valence-electron chi connectivity index (χ0n) is 9.63. The third kappa shape index (κ3) is 6.01. The molecule has 0 saturated carbocycles. The third-order valence-corrected chi connectivity index (χ3v) is 3.34. The van der Waals surface area contributed by atoms with Crippen LogP contribution in [-0.4, -0.2) is 56.6 Å². The Morgan fingerprint density at radius 1 is 1.50 bits per heavy atom. The van der Waals surface area contributed by atoms with E-state index in [4.69, 9.17) is 9.84 Å². The molecule has 0 aromatic rings. The van der Waals surface area contributed by atoms with E-state index in [1.165, 1.54) is 7.11 Å². The second-order valence-electron chi connectivity index (χ2n) is 3.50. The Hall–Kier alpha value is -0.700. The van der Waals surface area contributed by atoms with Crippen LogP contribution in [0.5, 0.6) is 0 Å². The molecule has 0 aliphatic heterocycles. The van der Waals surface area contributed by atoms with E-state index in [2.05, 4.69) is 4.72 Å². The molecule has 0 bridgehead atoms. The number of carboxylic acid groups (broad SMARTS) is 1. The number of carbonyl (C=O) groups is 1. The first-order valence-corrected chi connectivity index (χ1v) is 6.21. The molecule has 8 heteroatoms. The molecule has 0 saturated heterocycles. The number of rotatable bonds is 8. The zero-order valence-corrected chi connectivity index (χ0v) is 10.5. The first-order valence-electron chi connectivity index (χ1n) is 4.77. The van der Waals surface area contributed by atoms with Crippen LogP contribution in [0.15, 0.2) is 0 Å². The number of nitrogens with zero attached hydrogens (tertiary/aromatic N) is 1. The van der Waals surface area contributed by atoms with Gasteiger partial charge in [0.15, 0.2) is 0 Å². The predicted octanol–water partition coefficient (Wildman–Crippen LogP) is -0.738. The first-order chi connectivity index (χ1) is 7.29. The van der Waals surface area contributed by atoms with Gasteiger partial charge in [-0.1, -0.05) is 0 Å². The predicted molar refractivity (Wildman–Crippen MR) is 58.3 cm³/mol. The van der Waals surface area contributed by atoms with Crippen molar-refractivity contribution in [1.82, 2.24) is 9.03 Å². The van der Waals surface area contributed by atoms with E-state index in [-0.39, 0.29) is 19.2 Å². The number of nitrogens with one attached hydrogen (secondary N) is 1. The molecule has 0 fully saturated rings. The summed E-state index contributed by atoms with van der Waals surface area (Å²) in [5.41, 5.74) is 0. The van der Waals surface area contributed by atoms with Crippen molar-refractivity contribution in [3.8, 4) is 0 Å². The Kier molecular flexibility index (Phi) is 6.49. The van der Waals surface area contributed by atoms with Crippen LogP contribution in [0.2, 0.25) is 0 Å². The second-order valence-corrected chi connectivity index (χ2v) is 5.20. The van der Waals surface area contributed by atoms with Crippen molar-refractivity contribution in [3.63, 3.8) is 0 Å². The minimum absolute atomic E-state index is 0.00481. The topological polar surface area (TPSA) is 95.9 Å². The highest BCUT2D eigenvalue weighted by atomic mass is 32.2. The molecule has 7 nitrogen and oxygen atoms in total. The minimum Gasteiger partial charge on any atom is -0.480 e. The van der Waals surface area contributed by atoms with Crippen molar-refractivity contribution < 1.29 is 23.1 Å². The van der Waals surface area contributed by atoms with E-state index in [1.54, 1.807) is 13.8 Å². The van der Waals surface area contributed by atoms with E-state index in [9.17, 15) is 13.2 Å². The summed E-state index contributed by atoms with van der Waals surface area (Å²) in [7, 11) is -2.35. The maximum atomic E-state index is 11.7. The van der Waals surface area contributed by atoms with Gasteiger partial charge in [0.05, 0.1) is 6.61 Å². The van der Waals surface area contributed by atoms with E-state index < -0.39 is 22.7 Å². The van der Waals surface area contributed by atoms with Crippen molar-refractivity contribution in [2.75, 3.05) is 26.8 Å². The molecule has 96 valence electrons. The largest absolute Gasteiger partial charge is 0.480 e. The van der Waals surface area contributed by atoms with Crippen molar-refractivity contribution >= 4 is 16.2 Å². The van der Waals surface area contributed by atoms with Crippen LogP contribution >= 0.6 is 0 Å². The van der Waals surface area contributed by atoms with Crippen LogP contribution in [0.3, 0.4) is 0 Å². The monoisotopic (exact) mass is 254 g/mol. The summed E-state index contributed by atoms with van der Waals surface area (Å²) in [6.07, 6.45) is 0. The van der Waals surface area contributed by atoms with Crippen molar-refractivity contribution in [2.24, 2.45) is 0 Å². The van der Waals surface area contributed by atoms with E-state index in [0.29, 0.717) is 0 Å². The van der Waals surface area contributed by atoms with Gasteiger partial charge in [-0.2, -0.15) is 17.4 Å². The molecule has 0 spiro atoms. The molecule has 0 atom stereocenters. The quantitative estimate of drug-likeness (QED) is 0.595. The summed E-state index contributed by atoms with van der Waals surface area (Å²) in [4.78, 5) is 10.5. The molecular weight excluding hydrogens is 236 g/mol. The van der Waals surface area contributed by atoms with Crippen molar-refractivity contribution in [3.05, 3.63) is 0 Å². The average Bonchev–Trinajstić information content (AvgIpc) is 2.09. The average molecular weight is 254 g/mol. The molecule has 0 radical (unpaired) electrons. The number of aliphatic carboxylic acids is 1. The smallest absolute Gasteiger partial charge is 0.318 e. The van der Waals surface area contributed by atoms with Crippen LogP contribution in [0.25, 0.3) is 0 Å². The standard InChI is InChI=1S/C8H18N2O5S/c1-7(2)9-16(13,14)10(4-5-15-3)6-8(11)12/h7,9H,4-6H2,1-3H3,(H,11,12). The SMILES string of the molecule is COCCN(CC(=O)O)S(=O)(=O)NC(C)C. The Bertz CT molecular complexity index is 314. The molecule has 0 unspecified atom stereocenters. The highest BCUT2D eigenvalue weighted by Gasteiger charge is 2.24.